The summed E-state index contributed by atoms with van der Waals surface area (Å²) in [5.41, 5.74) is 3.33. The van der Waals surface area contributed by atoms with E-state index in [1.54, 1.807) is 6.08 Å². The van der Waals surface area contributed by atoms with E-state index in [1.807, 2.05) is 50.2 Å². The van der Waals surface area contributed by atoms with Gasteiger partial charge in [0.05, 0.1) is 5.57 Å². The van der Waals surface area contributed by atoms with Crippen LogP contribution in [0, 0.1) is 19.3 Å². The van der Waals surface area contributed by atoms with E-state index >= 15 is 0 Å². The Hall–Kier alpha value is -3.59. The van der Waals surface area contributed by atoms with Crippen LogP contribution in [0.15, 0.2) is 58.1 Å². The van der Waals surface area contributed by atoms with E-state index in [4.69, 9.17) is 14.9 Å². The van der Waals surface area contributed by atoms with Gasteiger partial charge in [-0.1, -0.05) is 18.2 Å². The molecule has 9 heteroatoms. The number of ether oxygens (including phenoxy) is 2. The van der Waals surface area contributed by atoms with Crippen LogP contribution in [0.25, 0.3) is 6.08 Å². The Bertz CT molecular complexity index is 1230. The number of benzene rings is 2. The zero-order chi connectivity index (χ0) is 24.4. The van der Waals surface area contributed by atoms with Gasteiger partial charge in [0.1, 0.15) is 24.7 Å². The summed E-state index contributed by atoms with van der Waals surface area (Å²) in [7, 11) is 0. The number of aryl methyl sites for hydroxylation is 2. The number of carbonyl (C=O) groups is 1. The zero-order valence-electron chi connectivity index (χ0n) is 19.8. The maximum Gasteiger partial charge on any atom is 0.283 e. The van der Waals surface area contributed by atoms with Gasteiger partial charge in [-0.25, -0.2) is 0 Å². The Kier molecular flexibility index (Phi) is 6.59. The molecule has 180 valence electrons. The van der Waals surface area contributed by atoms with Gasteiger partial charge in [-0.05, 0) is 85.5 Å². The third kappa shape index (κ3) is 5.24. The first-order chi connectivity index (χ1) is 17.0. The number of carbonyl (C=O) groups excluding carboxylic acids is 1. The summed E-state index contributed by atoms with van der Waals surface area (Å²) < 4.78 is 11.6. The Morgan fingerprint density at radius 2 is 1.63 bits per heavy atom. The zero-order valence-corrected chi connectivity index (χ0v) is 20.6. The van der Waals surface area contributed by atoms with Crippen molar-refractivity contribution in [3.05, 3.63) is 64.7 Å². The number of rotatable bonds is 6. The third-order valence-corrected chi connectivity index (χ3v) is 6.80. The van der Waals surface area contributed by atoms with Crippen LogP contribution in [-0.2, 0) is 4.79 Å². The number of thioether (sulfide) groups is 1. The highest BCUT2D eigenvalue weighted by molar-refractivity contribution is 8.26. The van der Waals surface area contributed by atoms with Crippen molar-refractivity contribution in [3.63, 3.8) is 0 Å². The first kappa shape index (κ1) is 23.2. The molecule has 1 N–H and O–H groups in total. The van der Waals surface area contributed by atoms with Gasteiger partial charge in [0.15, 0.2) is 11.0 Å². The standard InChI is InChI=1S/C26H27N5O3S/c1-17-13-18(2)15-21(14-17)34-12-11-33-20-7-5-19(6-8-20)16-22-23(27)31-25(28-24(22)32)35-26(29-31)30-9-3-4-10-30/h5-8,13-16,27H,3-4,9-12H2,1-2H3/b22-16-,27-23?. The molecular formula is C26H27N5O3S. The smallest absolute Gasteiger partial charge is 0.283 e. The lowest BCUT2D eigenvalue weighted by atomic mass is 10.1. The highest BCUT2D eigenvalue weighted by Gasteiger charge is 2.37. The molecule has 35 heavy (non-hydrogen) atoms. The number of hydrogen-bond acceptors (Lipinski definition) is 7. The van der Waals surface area contributed by atoms with E-state index in [-0.39, 0.29) is 11.4 Å². The molecule has 3 heterocycles. The highest BCUT2D eigenvalue weighted by Crippen LogP contribution is 2.31. The van der Waals surface area contributed by atoms with Gasteiger partial charge in [-0.3, -0.25) is 10.2 Å². The number of nitrogens with one attached hydrogen (secondary N) is 1. The predicted molar refractivity (Wildman–Crippen MR) is 139 cm³/mol. The summed E-state index contributed by atoms with van der Waals surface area (Å²) in [6.45, 7) is 6.84. The van der Waals surface area contributed by atoms with Gasteiger partial charge < -0.3 is 14.4 Å². The number of likely N-dealkylation sites (tertiary alicyclic amines) is 1. The molecular weight excluding hydrogens is 462 g/mol. The molecule has 8 nitrogen and oxygen atoms in total. The minimum absolute atomic E-state index is 0.0468. The maximum absolute atomic E-state index is 12.6. The Morgan fingerprint density at radius 1 is 0.971 bits per heavy atom. The lowest BCUT2D eigenvalue weighted by Gasteiger charge is -2.20. The molecule has 0 bridgehead atoms. The minimum atomic E-state index is -0.421. The average Bonchev–Trinajstić information content (AvgIpc) is 3.50. The number of fused-ring (bicyclic) bond motifs is 1. The van der Waals surface area contributed by atoms with Crippen LogP contribution in [0.5, 0.6) is 11.5 Å². The monoisotopic (exact) mass is 489 g/mol. The second-order valence-corrected chi connectivity index (χ2v) is 9.62. The van der Waals surface area contributed by atoms with E-state index < -0.39 is 5.91 Å². The van der Waals surface area contributed by atoms with Crippen molar-refractivity contribution in [1.29, 1.82) is 5.41 Å². The van der Waals surface area contributed by atoms with E-state index in [2.05, 4.69) is 21.1 Å². The summed E-state index contributed by atoms with van der Waals surface area (Å²) in [5.74, 6) is 1.17. The molecule has 0 aromatic heterocycles. The van der Waals surface area contributed by atoms with Crippen molar-refractivity contribution in [2.75, 3.05) is 26.3 Å². The van der Waals surface area contributed by atoms with Gasteiger partial charge >= 0.3 is 0 Å². The molecule has 0 saturated carbocycles. The van der Waals surface area contributed by atoms with Gasteiger partial charge in [-0.2, -0.15) is 10.0 Å². The Balaban J connectivity index is 1.19. The second-order valence-electron chi connectivity index (χ2n) is 8.69. The molecule has 3 aliphatic rings. The predicted octanol–water partition coefficient (Wildman–Crippen LogP) is 4.43. The molecule has 2 aromatic rings. The lowest BCUT2D eigenvalue weighted by molar-refractivity contribution is -0.114. The quantitative estimate of drug-likeness (QED) is 0.477. The van der Waals surface area contributed by atoms with Crippen LogP contribution >= 0.6 is 11.8 Å². The molecule has 0 spiro atoms. The van der Waals surface area contributed by atoms with Gasteiger partial charge in [0.2, 0.25) is 5.17 Å². The Labute approximate surface area is 208 Å². The molecule has 5 rings (SSSR count). The third-order valence-electron chi connectivity index (χ3n) is 5.83. The van der Waals surface area contributed by atoms with Crippen LogP contribution in [0.1, 0.15) is 29.5 Å². The average molecular weight is 490 g/mol. The molecule has 1 saturated heterocycles. The van der Waals surface area contributed by atoms with Crippen molar-refractivity contribution in [2.45, 2.75) is 26.7 Å². The lowest BCUT2D eigenvalue weighted by Crippen LogP contribution is -2.35. The summed E-state index contributed by atoms with van der Waals surface area (Å²) in [4.78, 5) is 19.0. The Morgan fingerprint density at radius 3 is 2.31 bits per heavy atom. The van der Waals surface area contributed by atoms with E-state index in [1.165, 1.54) is 27.9 Å². The number of nitrogens with zero attached hydrogens (tertiary/aromatic N) is 4. The normalized spacial score (nSPS) is 18.6. The summed E-state index contributed by atoms with van der Waals surface area (Å²) in [6.07, 6.45) is 3.94. The van der Waals surface area contributed by atoms with Crippen LogP contribution in [0.4, 0.5) is 0 Å². The summed E-state index contributed by atoms with van der Waals surface area (Å²) in [6, 6.07) is 13.5. The fourth-order valence-electron chi connectivity index (χ4n) is 4.18. The fraction of sp³-hybridized carbons (Fsp3) is 0.308. The topological polar surface area (TPSA) is 90.6 Å². The molecule has 2 aromatic carbocycles. The minimum Gasteiger partial charge on any atom is -0.490 e. The van der Waals surface area contributed by atoms with E-state index in [9.17, 15) is 4.79 Å². The highest BCUT2D eigenvalue weighted by atomic mass is 32.2. The van der Waals surface area contributed by atoms with Gasteiger partial charge in [-0.15, -0.1) is 5.10 Å². The number of hydrogen-bond donors (Lipinski definition) is 1. The SMILES string of the molecule is Cc1cc(C)cc(OCCOc2ccc(/C=C3/C(=N)N4N=C(N5CCCC5)SC4=NC3=O)cc2)c1. The molecule has 1 amide bonds. The number of aliphatic imine (C=N–C) groups is 1. The van der Waals surface area contributed by atoms with Crippen LogP contribution in [0.2, 0.25) is 0 Å². The van der Waals surface area contributed by atoms with E-state index in [0.717, 1.165) is 42.4 Å². The van der Waals surface area contributed by atoms with E-state index in [0.29, 0.717) is 24.1 Å². The fourth-order valence-corrected chi connectivity index (χ4v) is 5.13. The summed E-state index contributed by atoms with van der Waals surface area (Å²) in [5, 5.41) is 15.8. The number of hydrazone groups is 1. The first-order valence-corrected chi connectivity index (χ1v) is 12.5. The molecule has 0 unspecified atom stereocenters. The molecule has 0 radical (unpaired) electrons. The van der Waals surface area contributed by atoms with Crippen molar-refractivity contribution in [2.24, 2.45) is 10.1 Å². The van der Waals surface area contributed by atoms with Crippen molar-refractivity contribution in [3.8, 4) is 11.5 Å². The number of amides is 1. The molecule has 0 aliphatic carbocycles. The van der Waals surface area contributed by atoms with Crippen molar-refractivity contribution >= 4 is 39.9 Å². The number of amidine groups is 3. The largest absolute Gasteiger partial charge is 0.490 e. The molecule has 3 aliphatic heterocycles. The second kappa shape index (κ2) is 9.95. The molecule has 0 atom stereocenters. The van der Waals surface area contributed by atoms with Crippen LogP contribution in [0.3, 0.4) is 0 Å². The van der Waals surface area contributed by atoms with Crippen LogP contribution < -0.4 is 9.47 Å². The van der Waals surface area contributed by atoms with Crippen molar-refractivity contribution in [1.82, 2.24) is 9.91 Å². The molecule has 1 fully saturated rings. The summed E-state index contributed by atoms with van der Waals surface area (Å²) >= 11 is 1.36. The van der Waals surface area contributed by atoms with Gasteiger partial charge in [0.25, 0.3) is 5.91 Å². The van der Waals surface area contributed by atoms with Crippen molar-refractivity contribution < 1.29 is 14.3 Å². The van der Waals surface area contributed by atoms with Gasteiger partial charge in [0, 0.05) is 13.1 Å². The first-order valence-electron chi connectivity index (χ1n) is 11.7. The maximum atomic E-state index is 12.6. The van der Waals surface area contributed by atoms with Crippen LogP contribution in [-0.4, -0.2) is 58.3 Å².